The summed E-state index contributed by atoms with van der Waals surface area (Å²) >= 11 is 0. The van der Waals surface area contributed by atoms with Crippen LogP contribution in [0, 0.1) is 0 Å². The van der Waals surface area contributed by atoms with Gasteiger partial charge < -0.3 is 14.6 Å². The Morgan fingerprint density at radius 3 is 2.81 bits per heavy atom. The lowest BCUT2D eigenvalue weighted by Gasteiger charge is -2.31. The van der Waals surface area contributed by atoms with Crippen LogP contribution < -0.4 is 10.1 Å². The van der Waals surface area contributed by atoms with Gasteiger partial charge in [0, 0.05) is 13.0 Å². The van der Waals surface area contributed by atoms with Crippen LogP contribution in [0.25, 0.3) is 11.0 Å². The molecule has 0 bridgehead atoms. The molecular weight excluding hydrogens is 338 g/mol. The van der Waals surface area contributed by atoms with Gasteiger partial charge in [0.05, 0.1) is 30.0 Å². The molecule has 0 saturated heterocycles. The van der Waals surface area contributed by atoms with E-state index in [2.05, 4.69) is 22.4 Å². The highest BCUT2D eigenvalue weighted by Crippen LogP contribution is 2.39. The van der Waals surface area contributed by atoms with Crippen molar-refractivity contribution in [2.75, 3.05) is 7.11 Å². The molecule has 3 aromatic rings. The van der Waals surface area contributed by atoms with Crippen LogP contribution >= 0.6 is 0 Å². The number of aromatic nitrogens is 2. The van der Waals surface area contributed by atoms with Crippen molar-refractivity contribution in [2.24, 2.45) is 0 Å². The number of fused-ring (bicyclic) bond motifs is 1. The lowest BCUT2D eigenvalue weighted by molar-refractivity contribution is -0.123. The number of imidazole rings is 1. The van der Waals surface area contributed by atoms with E-state index in [-0.39, 0.29) is 11.4 Å². The first-order valence-corrected chi connectivity index (χ1v) is 9.56. The van der Waals surface area contributed by atoms with E-state index in [1.165, 1.54) is 0 Å². The van der Waals surface area contributed by atoms with E-state index in [0.717, 1.165) is 48.0 Å². The number of carbonyl (C=O) groups excluding carboxylic acids is 1. The molecule has 0 aliphatic heterocycles. The van der Waals surface area contributed by atoms with Gasteiger partial charge in [-0.1, -0.05) is 37.1 Å². The molecule has 0 spiro atoms. The van der Waals surface area contributed by atoms with E-state index >= 15 is 0 Å². The minimum absolute atomic E-state index is 0.0810. The maximum absolute atomic E-state index is 12.8. The van der Waals surface area contributed by atoms with Crippen LogP contribution in [0.3, 0.4) is 0 Å². The number of ether oxygens (including phenoxy) is 1. The highest BCUT2D eigenvalue weighted by atomic mass is 16.5. The first-order valence-electron chi connectivity index (χ1n) is 9.56. The highest BCUT2D eigenvalue weighted by molar-refractivity contribution is 5.78. The molecule has 1 aliphatic carbocycles. The molecule has 0 unspecified atom stereocenters. The zero-order valence-electron chi connectivity index (χ0n) is 15.6. The van der Waals surface area contributed by atoms with Crippen LogP contribution in [0.4, 0.5) is 0 Å². The third kappa shape index (κ3) is 3.54. The van der Waals surface area contributed by atoms with Crippen molar-refractivity contribution in [3.63, 3.8) is 0 Å². The van der Waals surface area contributed by atoms with Crippen molar-refractivity contribution in [1.29, 1.82) is 0 Å². The number of methoxy groups -OCH3 is 1. The van der Waals surface area contributed by atoms with Gasteiger partial charge in [0.1, 0.15) is 5.75 Å². The summed E-state index contributed by atoms with van der Waals surface area (Å²) in [6.07, 6.45) is 6.45. The Balaban J connectivity index is 1.48. The third-order valence-corrected chi connectivity index (χ3v) is 5.57. The second-order valence-corrected chi connectivity index (χ2v) is 7.25. The van der Waals surface area contributed by atoms with Crippen LogP contribution in [0.1, 0.15) is 37.7 Å². The maximum atomic E-state index is 12.8. The van der Waals surface area contributed by atoms with Crippen molar-refractivity contribution >= 4 is 16.9 Å². The van der Waals surface area contributed by atoms with Gasteiger partial charge in [0.2, 0.25) is 5.91 Å². The summed E-state index contributed by atoms with van der Waals surface area (Å²) in [5.74, 6) is 0.912. The second-order valence-electron chi connectivity index (χ2n) is 7.25. The second kappa shape index (κ2) is 7.43. The molecule has 1 saturated carbocycles. The maximum Gasteiger partial charge on any atom is 0.222 e. The minimum Gasteiger partial charge on any atom is -0.497 e. The number of carbonyl (C=O) groups is 1. The van der Waals surface area contributed by atoms with E-state index in [4.69, 9.17) is 4.74 Å². The van der Waals surface area contributed by atoms with Crippen molar-refractivity contribution in [3.05, 3.63) is 60.4 Å². The molecule has 5 heteroatoms. The summed E-state index contributed by atoms with van der Waals surface area (Å²) in [5, 5.41) is 3.34. The van der Waals surface area contributed by atoms with E-state index in [1.54, 1.807) is 7.11 Å². The average molecular weight is 363 g/mol. The SMILES string of the molecule is COc1cccc(C2(NC(=O)CCn3cnc4ccccc43)CCCC2)c1. The summed E-state index contributed by atoms with van der Waals surface area (Å²) in [6.45, 7) is 0.626. The predicted octanol–water partition coefficient (Wildman–Crippen LogP) is 4.02. The molecular formula is C22H25N3O2. The number of hydrogen-bond acceptors (Lipinski definition) is 3. The minimum atomic E-state index is -0.275. The normalized spacial score (nSPS) is 15.7. The molecule has 5 nitrogen and oxygen atoms in total. The van der Waals surface area contributed by atoms with Crippen LogP contribution in [-0.2, 0) is 16.9 Å². The lowest BCUT2D eigenvalue weighted by atomic mass is 9.87. The van der Waals surface area contributed by atoms with Crippen molar-refractivity contribution in [1.82, 2.24) is 14.9 Å². The number of nitrogens with zero attached hydrogens (tertiary/aromatic N) is 2. The van der Waals surface area contributed by atoms with E-state index < -0.39 is 0 Å². The molecule has 4 rings (SSSR count). The van der Waals surface area contributed by atoms with Crippen LogP contribution in [0.5, 0.6) is 5.75 Å². The van der Waals surface area contributed by atoms with Gasteiger partial charge in [-0.15, -0.1) is 0 Å². The van der Waals surface area contributed by atoms with Gasteiger partial charge in [-0.3, -0.25) is 4.79 Å². The van der Waals surface area contributed by atoms with E-state index in [0.29, 0.717) is 13.0 Å². The molecule has 1 amide bonds. The molecule has 1 aliphatic rings. The van der Waals surface area contributed by atoms with Crippen molar-refractivity contribution < 1.29 is 9.53 Å². The Hall–Kier alpha value is -2.82. The van der Waals surface area contributed by atoms with Crippen molar-refractivity contribution in [3.8, 4) is 5.75 Å². The molecule has 140 valence electrons. The number of hydrogen-bond donors (Lipinski definition) is 1. The average Bonchev–Trinajstić information content (AvgIpc) is 3.34. The first-order chi connectivity index (χ1) is 13.2. The third-order valence-electron chi connectivity index (χ3n) is 5.57. The summed E-state index contributed by atoms with van der Waals surface area (Å²) in [7, 11) is 1.68. The molecule has 0 atom stereocenters. The Labute approximate surface area is 159 Å². The molecule has 0 radical (unpaired) electrons. The quantitative estimate of drug-likeness (QED) is 0.720. The number of rotatable bonds is 6. The largest absolute Gasteiger partial charge is 0.497 e. The molecule has 1 N–H and O–H groups in total. The topological polar surface area (TPSA) is 56.1 Å². The van der Waals surface area contributed by atoms with Gasteiger partial charge in [-0.25, -0.2) is 4.98 Å². The summed E-state index contributed by atoms with van der Waals surface area (Å²) in [6, 6.07) is 16.1. The Kier molecular flexibility index (Phi) is 4.84. The number of nitrogens with one attached hydrogen (secondary N) is 1. The van der Waals surface area contributed by atoms with Crippen LogP contribution in [-0.4, -0.2) is 22.6 Å². The van der Waals surface area contributed by atoms with Crippen molar-refractivity contribution in [2.45, 2.75) is 44.2 Å². The molecule has 1 fully saturated rings. The monoisotopic (exact) mass is 363 g/mol. The lowest BCUT2D eigenvalue weighted by Crippen LogP contribution is -2.44. The number of benzene rings is 2. The van der Waals surface area contributed by atoms with Gasteiger partial charge in [0.15, 0.2) is 0 Å². The fourth-order valence-corrected chi connectivity index (χ4v) is 4.12. The Morgan fingerprint density at radius 1 is 1.19 bits per heavy atom. The summed E-state index contributed by atoms with van der Waals surface area (Å²) in [4.78, 5) is 17.2. The fourth-order valence-electron chi connectivity index (χ4n) is 4.12. The number of aryl methyl sites for hydroxylation is 1. The van der Waals surface area contributed by atoms with E-state index in [1.807, 2.05) is 47.3 Å². The number of para-hydroxylation sites is 2. The summed E-state index contributed by atoms with van der Waals surface area (Å²) < 4.78 is 7.42. The van der Waals surface area contributed by atoms with Crippen LogP contribution in [0.15, 0.2) is 54.9 Å². The fraction of sp³-hybridized carbons (Fsp3) is 0.364. The Morgan fingerprint density at radius 2 is 2.00 bits per heavy atom. The highest BCUT2D eigenvalue weighted by Gasteiger charge is 2.37. The van der Waals surface area contributed by atoms with Gasteiger partial charge in [-0.2, -0.15) is 0 Å². The van der Waals surface area contributed by atoms with Gasteiger partial charge in [0.25, 0.3) is 0 Å². The Bertz CT molecular complexity index is 941. The zero-order valence-corrected chi connectivity index (χ0v) is 15.6. The molecule has 1 heterocycles. The molecule has 2 aromatic carbocycles. The van der Waals surface area contributed by atoms with E-state index in [9.17, 15) is 4.79 Å². The first kappa shape index (κ1) is 17.6. The van der Waals surface area contributed by atoms with Gasteiger partial charge >= 0.3 is 0 Å². The van der Waals surface area contributed by atoms with Crippen LogP contribution in [0.2, 0.25) is 0 Å². The zero-order chi connectivity index (χ0) is 18.7. The standard InChI is InChI=1S/C22H25N3O2/c1-27-18-8-6-7-17(15-18)22(12-4-5-13-22)24-21(26)11-14-25-16-23-19-9-2-3-10-20(19)25/h2-3,6-10,15-16H,4-5,11-14H2,1H3,(H,24,26). The van der Waals surface area contributed by atoms with Gasteiger partial charge in [-0.05, 0) is 42.7 Å². The number of amides is 1. The predicted molar refractivity (Wildman–Crippen MR) is 106 cm³/mol. The summed E-state index contributed by atoms with van der Waals surface area (Å²) in [5.41, 5.74) is 2.89. The smallest absolute Gasteiger partial charge is 0.222 e. The molecule has 1 aromatic heterocycles. The molecule has 27 heavy (non-hydrogen) atoms.